The molecule has 6 aromatic rings. The number of benzene rings is 4. The number of rotatable bonds is 11. The van der Waals surface area contributed by atoms with Crippen LogP contribution in [0.3, 0.4) is 0 Å². The number of carboxylic acids is 1. The van der Waals surface area contributed by atoms with Crippen LogP contribution in [0.4, 0.5) is 0 Å². The van der Waals surface area contributed by atoms with E-state index in [9.17, 15) is 9.90 Å². The third-order valence-electron chi connectivity index (χ3n) is 8.31. The number of aliphatic carboxylic acids is 1. The number of aromatic nitrogens is 4. The van der Waals surface area contributed by atoms with Crippen LogP contribution >= 0.6 is 0 Å². The second-order valence-corrected chi connectivity index (χ2v) is 11.0. The number of aryl methyl sites for hydroxylation is 2. The van der Waals surface area contributed by atoms with Crippen LogP contribution in [0.5, 0.6) is 11.5 Å². The van der Waals surface area contributed by atoms with Gasteiger partial charge in [0.05, 0.1) is 22.1 Å². The van der Waals surface area contributed by atoms with Crippen LogP contribution in [-0.2, 0) is 37.5 Å². The Morgan fingerprint density at radius 2 is 1.11 bits per heavy atom. The van der Waals surface area contributed by atoms with Crippen molar-refractivity contribution in [3.05, 3.63) is 120 Å². The van der Waals surface area contributed by atoms with Gasteiger partial charge < -0.3 is 28.5 Å². The molecule has 4 aromatic carbocycles. The van der Waals surface area contributed by atoms with Gasteiger partial charge in [-0.15, -0.1) is 0 Å². The fourth-order valence-corrected chi connectivity index (χ4v) is 5.59. The van der Waals surface area contributed by atoms with E-state index >= 15 is 0 Å². The normalized spacial score (nSPS) is 11.4. The van der Waals surface area contributed by atoms with Gasteiger partial charge in [-0.2, -0.15) is 0 Å². The molecular formula is C35H33N4NaO4. The van der Waals surface area contributed by atoms with Gasteiger partial charge in [0.15, 0.2) is 0 Å². The van der Waals surface area contributed by atoms with Gasteiger partial charge in [-0.25, -0.2) is 9.97 Å². The predicted molar refractivity (Wildman–Crippen MR) is 164 cm³/mol. The van der Waals surface area contributed by atoms with Crippen molar-refractivity contribution in [2.24, 2.45) is 14.1 Å². The average Bonchev–Trinajstić information content (AvgIpc) is 3.53. The van der Waals surface area contributed by atoms with E-state index in [-0.39, 0.29) is 36.0 Å². The van der Waals surface area contributed by atoms with Crippen molar-refractivity contribution in [1.29, 1.82) is 0 Å². The summed E-state index contributed by atoms with van der Waals surface area (Å²) in [7, 11) is 3.97. The Morgan fingerprint density at radius 1 is 0.705 bits per heavy atom. The number of nitrogens with zero attached hydrogens (tertiary/aromatic N) is 4. The standard InChI is InChI=1S/C35H34N4O4.Na/c1-35(21-20-34(40)41,24-12-16-26(17-13-24)42-22-32-36-28-8-4-6-10-30(28)38(32)2)25-14-18-27(19-15-25)43-23-33-37-29-9-5-7-11-31(29)39(33)3;/h4-19H,20-23H2,1-3H3,(H,40,41);/q;+1/p-1. The number of imidazole rings is 2. The molecule has 0 unspecified atom stereocenters. The quantitative estimate of drug-likeness (QED) is 0.214. The molecule has 0 N–H and O–H groups in total. The molecular weight excluding hydrogens is 563 g/mol. The van der Waals surface area contributed by atoms with Crippen LogP contribution in [0.15, 0.2) is 97.1 Å². The Balaban J connectivity index is 0.00000384. The number of para-hydroxylation sites is 4. The fraction of sp³-hybridized carbons (Fsp3) is 0.229. The summed E-state index contributed by atoms with van der Waals surface area (Å²) in [5.41, 5.74) is 5.39. The van der Waals surface area contributed by atoms with Crippen molar-refractivity contribution < 1.29 is 48.9 Å². The van der Waals surface area contributed by atoms with Gasteiger partial charge in [0, 0.05) is 25.5 Å². The zero-order chi connectivity index (χ0) is 30.0. The molecule has 2 aromatic heterocycles. The second kappa shape index (κ2) is 13.3. The van der Waals surface area contributed by atoms with E-state index in [0.29, 0.717) is 31.1 Å². The topological polar surface area (TPSA) is 94.2 Å². The molecule has 8 nitrogen and oxygen atoms in total. The molecule has 0 atom stereocenters. The van der Waals surface area contributed by atoms with E-state index in [1.54, 1.807) is 0 Å². The van der Waals surface area contributed by atoms with Gasteiger partial charge in [-0.1, -0.05) is 55.5 Å². The van der Waals surface area contributed by atoms with Gasteiger partial charge in [0.2, 0.25) is 0 Å². The zero-order valence-electron chi connectivity index (χ0n) is 25.5. The van der Waals surface area contributed by atoms with E-state index in [2.05, 4.69) is 16.9 Å². The van der Waals surface area contributed by atoms with Gasteiger partial charge in [0.25, 0.3) is 0 Å². The molecule has 44 heavy (non-hydrogen) atoms. The molecule has 9 heteroatoms. The van der Waals surface area contributed by atoms with Crippen molar-refractivity contribution in [3.8, 4) is 11.5 Å². The van der Waals surface area contributed by atoms with Gasteiger partial charge in [-0.3, -0.25) is 0 Å². The molecule has 0 amide bonds. The Bertz CT molecular complexity index is 1770. The summed E-state index contributed by atoms with van der Waals surface area (Å²) in [6, 6.07) is 31.6. The first kappa shape index (κ1) is 31.3. The maximum Gasteiger partial charge on any atom is 1.00 e. The molecule has 0 aliphatic carbocycles. The molecule has 0 radical (unpaired) electrons. The Labute approximate surface area is 278 Å². The molecule has 0 saturated heterocycles. The summed E-state index contributed by atoms with van der Waals surface area (Å²) >= 11 is 0. The summed E-state index contributed by atoms with van der Waals surface area (Å²) in [5.74, 6) is 2.02. The van der Waals surface area contributed by atoms with E-state index in [4.69, 9.17) is 9.47 Å². The smallest absolute Gasteiger partial charge is 0.550 e. The van der Waals surface area contributed by atoms with E-state index < -0.39 is 11.4 Å². The first-order valence-electron chi connectivity index (χ1n) is 14.3. The van der Waals surface area contributed by atoms with E-state index in [0.717, 1.165) is 44.8 Å². The molecule has 6 rings (SSSR count). The van der Waals surface area contributed by atoms with Gasteiger partial charge in [-0.05, 0) is 72.5 Å². The SMILES string of the molecule is Cn1c(COc2ccc(C(C)(CCC(=O)[O-])c3ccc(OCc4nc5ccccc5n4C)cc3)cc2)nc2ccccc21.[Na+]. The molecule has 0 saturated carbocycles. The van der Waals surface area contributed by atoms with Crippen molar-refractivity contribution in [2.75, 3.05) is 0 Å². The zero-order valence-corrected chi connectivity index (χ0v) is 27.5. The number of ether oxygens (including phenoxy) is 2. The largest absolute Gasteiger partial charge is 1.00 e. The van der Waals surface area contributed by atoms with E-state index in [1.165, 1.54) is 0 Å². The third-order valence-corrected chi connectivity index (χ3v) is 8.31. The summed E-state index contributed by atoms with van der Waals surface area (Å²) in [6.07, 6.45) is 0.321. The number of carbonyl (C=O) groups is 1. The van der Waals surface area contributed by atoms with Crippen molar-refractivity contribution in [2.45, 2.75) is 38.4 Å². The van der Waals surface area contributed by atoms with Crippen molar-refractivity contribution >= 4 is 28.0 Å². The number of hydrogen-bond acceptors (Lipinski definition) is 6. The minimum absolute atomic E-state index is 0. The van der Waals surface area contributed by atoms with Crippen LogP contribution in [0.2, 0.25) is 0 Å². The summed E-state index contributed by atoms with van der Waals surface area (Å²) in [6.45, 7) is 2.73. The first-order chi connectivity index (χ1) is 20.8. The minimum atomic E-state index is -1.07. The van der Waals surface area contributed by atoms with Crippen LogP contribution in [0.25, 0.3) is 22.1 Å². The van der Waals surface area contributed by atoms with Crippen LogP contribution in [-0.4, -0.2) is 25.1 Å². The minimum Gasteiger partial charge on any atom is -0.550 e. The summed E-state index contributed by atoms with van der Waals surface area (Å²) < 4.78 is 16.2. The maximum atomic E-state index is 11.5. The number of carboxylic acid groups (broad SMARTS) is 1. The van der Waals surface area contributed by atoms with E-state index in [1.807, 2.05) is 120 Å². The summed E-state index contributed by atoms with van der Waals surface area (Å²) in [4.78, 5) is 20.8. The van der Waals surface area contributed by atoms with Crippen LogP contribution in [0.1, 0.15) is 42.5 Å². The van der Waals surface area contributed by atoms with Crippen LogP contribution in [0, 0.1) is 0 Å². The number of hydrogen-bond donors (Lipinski definition) is 0. The molecule has 0 bridgehead atoms. The van der Waals surface area contributed by atoms with Crippen LogP contribution < -0.4 is 44.1 Å². The first-order valence-corrected chi connectivity index (χ1v) is 14.3. The molecule has 218 valence electrons. The molecule has 0 aliphatic rings. The monoisotopic (exact) mass is 596 g/mol. The molecule has 0 fully saturated rings. The molecule has 0 aliphatic heterocycles. The number of carbonyl (C=O) groups excluding carboxylic acids is 1. The second-order valence-electron chi connectivity index (χ2n) is 11.0. The maximum absolute atomic E-state index is 11.5. The Hall–Kier alpha value is -4.11. The Kier molecular flexibility index (Phi) is 9.44. The van der Waals surface area contributed by atoms with Gasteiger partial charge in [0.1, 0.15) is 36.4 Å². The average molecular weight is 597 g/mol. The fourth-order valence-electron chi connectivity index (χ4n) is 5.59. The van der Waals surface area contributed by atoms with Gasteiger partial charge >= 0.3 is 29.6 Å². The summed E-state index contributed by atoms with van der Waals surface area (Å²) in [5, 5.41) is 11.5. The number of fused-ring (bicyclic) bond motifs is 2. The molecule has 2 heterocycles. The predicted octanol–water partition coefficient (Wildman–Crippen LogP) is 2.46. The third kappa shape index (κ3) is 6.38. The van der Waals surface area contributed by atoms with Crippen molar-refractivity contribution in [3.63, 3.8) is 0 Å². The Morgan fingerprint density at radius 3 is 1.50 bits per heavy atom. The van der Waals surface area contributed by atoms with Crippen molar-refractivity contribution in [1.82, 2.24) is 19.1 Å². The molecule has 0 spiro atoms.